The van der Waals surface area contributed by atoms with E-state index in [9.17, 15) is 33.9 Å². The third-order valence-corrected chi connectivity index (χ3v) is 12.2. The van der Waals surface area contributed by atoms with Crippen LogP contribution >= 0.6 is 0 Å². The Hall–Kier alpha value is -7.26. The van der Waals surface area contributed by atoms with E-state index in [4.69, 9.17) is 9.47 Å². The number of para-hydroxylation sites is 2. The zero-order valence-corrected chi connectivity index (χ0v) is 36.9. The summed E-state index contributed by atoms with van der Waals surface area (Å²) < 4.78 is 10.9. The molecule has 15 heteroatoms. The standard InChI is InChI=1S/C29H34N4O4.C21H20N2O5/c1-3-22(19-10-5-4-6-11-19)30-24-25(27(35)26(24)34)31-23-14-9-13-21(28(23)37-2)29(36)33-17-16-32-15-8-7-12-20(32)18-33;1-3-14(12-8-5-4-6-9-12)22-16-17(19(25)18(16)24)23-15-11-7-10-13(21(26)27)20(15)28-2/h4-6,9-11,13-14,20,22,30-31H,3,7-8,12,15-18H2,1-2H3;4-11,14,22-23H,3H2,1-2H3,(H,26,27)/t20?,22-;14-/m11/s1. The van der Waals surface area contributed by atoms with Crippen LogP contribution in [0.2, 0.25) is 0 Å². The van der Waals surface area contributed by atoms with Crippen molar-refractivity contribution in [2.24, 2.45) is 0 Å². The number of hydrogen-bond acceptors (Lipinski definition) is 13. The molecule has 2 saturated heterocycles. The van der Waals surface area contributed by atoms with Gasteiger partial charge in [0.25, 0.3) is 27.6 Å². The average Bonchev–Trinajstić information content (AvgIpc) is 3.35. The third kappa shape index (κ3) is 9.65. The molecule has 0 aliphatic carbocycles. The molecule has 1 unspecified atom stereocenters. The number of carbonyl (C=O) groups is 2. The summed E-state index contributed by atoms with van der Waals surface area (Å²) in [5.74, 6) is -0.778. The van der Waals surface area contributed by atoms with Gasteiger partial charge in [0.15, 0.2) is 11.5 Å². The monoisotopic (exact) mass is 882 g/mol. The van der Waals surface area contributed by atoms with Crippen molar-refractivity contribution in [3.8, 4) is 11.5 Å². The van der Waals surface area contributed by atoms with Crippen LogP contribution in [0.3, 0.4) is 0 Å². The average molecular weight is 883 g/mol. The maximum Gasteiger partial charge on any atom is 0.339 e. The molecular formula is C50H54N6O9. The maximum atomic E-state index is 13.6. The summed E-state index contributed by atoms with van der Waals surface area (Å²) in [7, 11) is 2.86. The summed E-state index contributed by atoms with van der Waals surface area (Å²) in [6.07, 6.45) is 4.99. The second kappa shape index (κ2) is 20.5. The Bertz CT molecular complexity index is 2780. The molecular weight excluding hydrogens is 829 g/mol. The van der Waals surface area contributed by atoms with E-state index < -0.39 is 27.7 Å². The molecule has 0 aromatic heterocycles. The van der Waals surface area contributed by atoms with E-state index >= 15 is 0 Å². The van der Waals surface area contributed by atoms with Crippen LogP contribution in [-0.2, 0) is 0 Å². The number of carbonyl (C=O) groups excluding carboxylic acids is 1. The zero-order valence-electron chi connectivity index (χ0n) is 36.9. The number of methoxy groups -OCH3 is 2. The Balaban J connectivity index is 0.000000202. The highest BCUT2D eigenvalue weighted by atomic mass is 16.5. The van der Waals surface area contributed by atoms with Crippen LogP contribution in [-0.4, -0.2) is 73.2 Å². The highest BCUT2D eigenvalue weighted by Gasteiger charge is 2.33. The molecule has 8 rings (SSSR count). The fourth-order valence-electron chi connectivity index (χ4n) is 8.69. The maximum absolute atomic E-state index is 13.6. The van der Waals surface area contributed by atoms with Crippen molar-refractivity contribution in [1.82, 2.24) is 9.80 Å². The van der Waals surface area contributed by atoms with Crippen LogP contribution in [0.5, 0.6) is 11.5 Å². The molecule has 0 saturated carbocycles. The number of piperidine rings is 1. The van der Waals surface area contributed by atoms with E-state index in [1.807, 2.05) is 79.4 Å². The molecule has 2 aliphatic heterocycles. The van der Waals surface area contributed by atoms with Crippen LogP contribution in [0.1, 0.15) is 89.9 Å². The van der Waals surface area contributed by atoms with Gasteiger partial charge in [-0.2, -0.15) is 0 Å². The molecule has 15 nitrogen and oxygen atoms in total. The van der Waals surface area contributed by atoms with Gasteiger partial charge in [0.05, 0.1) is 43.2 Å². The lowest BCUT2D eigenvalue weighted by Gasteiger charge is -2.44. The van der Waals surface area contributed by atoms with Crippen molar-refractivity contribution in [2.75, 3.05) is 61.7 Å². The van der Waals surface area contributed by atoms with Crippen molar-refractivity contribution in [3.63, 3.8) is 0 Å². The van der Waals surface area contributed by atoms with Crippen LogP contribution in [0.25, 0.3) is 0 Å². The molecule has 0 spiro atoms. The van der Waals surface area contributed by atoms with Gasteiger partial charge < -0.3 is 40.7 Å². The lowest BCUT2D eigenvalue weighted by molar-refractivity contribution is 0.0370. The number of hydrogen-bond donors (Lipinski definition) is 5. The smallest absolute Gasteiger partial charge is 0.339 e. The van der Waals surface area contributed by atoms with E-state index in [1.54, 1.807) is 24.3 Å². The predicted octanol–water partition coefficient (Wildman–Crippen LogP) is 7.20. The van der Waals surface area contributed by atoms with E-state index in [1.165, 1.54) is 39.2 Å². The predicted molar refractivity (Wildman–Crippen MR) is 254 cm³/mol. The normalized spacial score (nSPS) is 15.8. The van der Waals surface area contributed by atoms with E-state index in [-0.39, 0.29) is 52.1 Å². The van der Waals surface area contributed by atoms with E-state index in [0.29, 0.717) is 48.2 Å². The summed E-state index contributed by atoms with van der Waals surface area (Å²) in [4.78, 5) is 78.6. The van der Waals surface area contributed by atoms with Gasteiger partial charge >= 0.3 is 5.97 Å². The summed E-state index contributed by atoms with van der Waals surface area (Å²) in [6, 6.07) is 29.4. The lowest BCUT2D eigenvalue weighted by Crippen LogP contribution is -2.56. The highest BCUT2D eigenvalue weighted by Crippen LogP contribution is 2.36. The molecule has 3 atom stereocenters. The first-order chi connectivity index (χ1) is 31.5. The van der Waals surface area contributed by atoms with Crippen LogP contribution in [0.4, 0.5) is 34.1 Å². The van der Waals surface area contributed by atoms with Gasteiger partial charge in [-0.15, -0.1) is 0 Å². The number of carboxylic acid groups (broad SMARTS) is 1. The number of rotatable bonds is 16. The lowest BCUT2D eigenvalue weighted by atomic mass is 9.99. The van der Waals surface area contributed by atoms with Gasteiger partial charge in [-0.25, -0.2) is 4.79 Å². The molecule has 1 amide bonds. The second-order valence-corrected chi connectivity index (χ2v) is 16.1. The van der Waals surface area contributed by atoms with Gasteiger partial charge in [-0.05, 0) is 67.6 Å². The number of aromatic carboxylic acids is 1. The van der Waals surface area contributed by atoms with Gasteiger partial charge in [0.2, 0.25) is 0 Å². The molecule has 65 heavy (non-hydrogen) atoms. The fraction of sp³-hybridized carbons (Fsp3) is 0.320. The number of nitrogens with one attached hydrogen (secondary N) is 4. The number of carboxylic acids is 1. The van der Waals surface area contributed by atoms with E-state index in [0.717, 1.165) is 37.1 Å². The van der Waals surface area contributed by atoms with Crippen molar-refractivity contribution in [3.05, 3.63) is 160 Å². The number of amides is 1. The Morgan fingerprint density at radius 1 is 0.615 bits per heavy atom. The molecule has 6 aromatic carbocycles. The summed E-state index contributed by atoms with van der Waals surface area (Å²) in [5.41, 5.74) is 1.54. The minimum atomic E-state index is -1.15. The van der Waals surface area contributed by atoms with Gasteiger partial charge in [0.1, 0.15) is 28.3 Å². The summed E-state index contributed by atoms with van der Waals surface area (Å²) in [5, 5.41) is 21.6. The largest absolute Gasteiger partial charge is 0.494 e. The summed E-state index contributed by atoms with van der Waals surface area (Å²) in [6.45, 7) is 7.38. The number of ether oxygens (including phenoxy) is 2. The number of benzene rings is 4. The van der Waals surface area contributed by atoms with Crippen LogP contribution in [0.15, 0.2) is 116 Å². The van der Waals surface area contributed by atoms with Crippen molar-refractivity contribution < 1.29 is 24.2 Å². The SMILES string of the molecule is CC[C@@H](Nc1c(Nc2cccc(C(=O)N3CCN4CCCCC4C3)c2OC)c(=O)c1=O)c1ccccc1.CC[C@@H](Nc1c(Nc2cccc(C(=O)O)c2OC)c(=O)c1=O)c1ccccc1. The fourth-order valence-corrected chi connectivity index (χ4v) is 8.69. The molecule has 5 N–H and O–H groups in total. The minimum Gasteiger partial charge on any atom is -0.494 e. The van der Waals surface area contributed by atoms with E-state index in [2.05, 4.69) is 26.2 Å². The number of piperazine rings is 1. The van der Waals surface area contributed by atoms with Crippen molar-refractivity contribution in [2.45, 2.75) is 64.1 Å². The molecule has 0 radical (unpaired) electrons. The molecule has 2 fully saturated rings. The highest BCUT2D eigenvalue weighted by molar-refractivity contribution is 6.00. The van der Waals surface area contributed by atoms with Crippen LogP contribution < -0.4 is 52.5 Å². The zero-order chi connectivity index (χ0) is 46.2. The second-order valence-electron chi connectivity index (χ2n) is 16.1. The van der Waals surface area contributed by atoms with Crippen molar-refractivity contribution in [1.29, 1.82) is 0 Å². The Morgan fingerprint density at radius 2 is 1.09 bits per heavy atom. The Labute approximate surface area is 376 Å². The third-order valence-electron chi connectivity index (χ3n) is 12.2. The first kappa shape index (κ1) is 45.8. The Kier molecular flexibility index (Phi) is 14.4. The number of fused-ring (bicyclic) bond motifs is 1. The number of anilines is 6. The first-order valence-corrected chi connectivity index (χ1v) is 21.9. The quantitative estimate of drug-likeness (QED) is 0.0612. The minimum absolute atomic E-state index is 0.0450. The molecule has 0 bridgehead atoms. The van der Waals surface area contributed by atoms with Gasteiger partial charge in [-0.1, -0.05) is 93.1 Å². The van der Waals surface area contributed by atoms with Crippen LogP contribution in [0, 0.1) is 0 Å². The topological polar surface area (TPSA) is 196 Å². The van der Waals surface area contributed by atoms with Gasteiger partial charge in [-0.3, -0.25) is 28.9 Å². The molecule has 2 aliphatic rings. The number of nitrogens with zero attached hydrogens (tertiary/aromatic N) is 2. The first-order valence-electron chi connectivity index (χ1n) is 21.9. The Morgan fingerprint density at radius 3 is 1.57 bits per heavy atom. The molecule has 2 heterocycles. The molecule has 338 valence electrons. The van der Waals surface area contributed by atoms with Crippen molar-refractivity contribution >= 4 is 46.0 Å². The summed E-state index contributed by atoms with van der Waals surface area (Å²) >= 11 is 0. The van der Waals surface area contributed by atoms with Gasteiger partial charge in [0, 0.05) is 25.7 Å². The molecule has 6 aromatic rings.